The highest BCUT2D eigenvalue weighted by Gasteiger charge is 2.39. The van der Waals surface area contributed by atoms with Crippen LogP contribution in [0.5, 0.6) is 0 Å². The molecule has 0 atom stereocenters. The van der Waals surface area contributed by atoms with Crippen LogP contribution in [0.2, 0.25) is 19.1 Å². The van der Waals surface area contributed by atoms with Gasteiger partial charge in [-0.25, -0.2) is 0 Å². The van der Waals surface area contributed by atoms with E-state index in [0.717, 1.165) is 6.04 Å². The lowest BCUT2D eigenvalue weighted by Gasteiger charge is -2.29. The first kappa shape index (κ1) is 20.3. The zero-order chi connectivity index (χ0) is 17.3. The molecule has 0 amide bonds. The van der Waals surface area contributed by atoms with Crippen LogP contribution in [-0.2, 0) is 13.3 Å². The molecule has 0 radical (unpaired) electrons. The van der Waals surface area contributed by atoms with Crippen molar-refractivity contribution in [3.05, 3.63) is 41.6 Å². The topological polar surface area (TPSA) is 27.7 Å². The van der Waals surface area contributed by atoms with Gasteiger partial charge in [-0.1, -0.05) is 59.9 Å². The lowest BCUT2D eigenvalue weighted by atomic mass is 10.4. The van der Waals surface area contributed by atoms with Crippen molar-refractivity contribution in [1.29, 1.82) is 0 Å². The van der Waals surface area contributed by atoms with E-state index in [2.05, 4.69) is 56.4 Å². The average Bonchev–Trinajstić information content (AvgIpc) is 2.54. The van der Waals surface area contributed by atoms with E-state index < -0.39 is 16.9 Å². The van der Waals surface area contributed by atoms with Gasteiger partial charge >= 0.3 is 8.80 Å². The Morgan fingerprint density at radius 3 is 1.83 bits per heavy atom. The maximum absolute atomic E-state index is 5.94. The molecular formula is C18H32O3Si2. The van der Waals surface area contributed by atoms with Crippen LogP contribution >= 0.6 is 0 Å². The second-order valence-corrected chi connectivity index (χ2v) is 13.3. The number of hydrogen-bond acceptors (Lipinski definition) is 3. The van der Waals surface area contributed by atoms with Crippen LogP contribution in [0.3, 0.4) is 0 Å². The molecule has 1 aromatic rings. The van der Waals surface area contributed by atoms with Gasteiger partial charge in [0.1, 0.15) is 8.07 Å². The van der Waals surface area contributed by atoms with E-state index in [-0.39, 0.29) is 0 Å². The summed E-state index contributed by atoms with van der Waals surface area (Å²) in [6.07, 6.45) is 2.30. The minimum Gasteiger partial charge on any atom is -0.374 e. The Bertz CT molecular complexity index is 469. The molecule has 0 saturated heterocycles. The minimum atomic E-state index is -2.59. The van der Waals surface area contributed by atoms with Crippen molar-refractivity contribution in [1.82, 2.24) is 0 Å². The molecule has 0 aliphatic rings. The molecule has 0 bridgehead atoms. The van der Waals surface area contributed by atoms with E-state index in [1.165, 1.54) is 10.4 Å². The Kier molecular flexibility index (Phi) is 8.43. The molecule has 0 saturated carbocycles. The Hall–Kier alpha value is -0.726. The van der Waals surface area contributed by atoms with Crippen LogP contribution in [0.15, 0.2) is 41.6 Å². The maximum Gasteiger partial charge on any atom is 0.504 e. The fraction of sp³-hybridized carbons (Fsp3) is 0.556. The largest absolute Gasteiger partial charge is 0.504 e. The molecule has 0 spiro atoms. The van der Waals surface area contributed by atoms with E-state index in [4.69, 9.17) is 13.3 Å². The average molecular weight is 353 g/mol. The number of benzene rings is 1. The molecule has 1 rings (SSSR count). The molecule has 1 aromatic carbocycles. The minimum absolute atomic E-state index is 0.624. The Labute approximate surface area is 144 Å². The molecule has 3 nitrogen and oxygen atoms in total. The second-order valence-electron chi connectivity index (χ2n) is 6.06. The summed E-state index contributed by atoms with van der Waals surface area (Å²) in [7, 11) is -4.23. The van der Waals surface area contributed by atoms with Gasteiger partial charge in [-0.2, -0.15) is 0 Å². The molecule has 130 valence electrons. The molecule has 0 unspecified atom stereocenters. The van der Waals surface area contributed by atoms with Crippen molar-refractivity contribution in [3.8, 4) is 0 Å². The summed E-state index contributed by atoms with van der Waals surface area (Å²) in [5.74, 6) is 0. The molecule has 23 heavy (non-hydrogen) atoms. The summed E-state index contributed by atoms with van der Waals surface area (Å²) in [6.45, 7) is 14.9. The molecule has 0 aliphatic carbocycles. The SMILES string of the molecule is CCO[Si](C/C=C(\C)[Si](C)(C)c1ccccc1)(OCC)OCC. The van der Waals surface area contributed by atoms with Gasteiger partial charge in [0.2, 0.25) is 0 Å². The van der Waals surface area contributed by atoms with E-state index in [1.807, 2.05) is 20.8 Å². The Morgan fingerprint density at radius 1 is 0.913 bits per heavy atom. The normalized spacial score (nSPS) is 13.4. The van der Waals surface area contributed by atoms with Gasteiger partial charge in [0.15, 0.2) is 0 Å². The quantitative estimate of drug-likeness (QED) is 0.592. The summed E-state index contributed by atoms with van der Waals surface area (Å²) in [5, 5.41) is 2.89. The Balaban J connectivity index is 2.97. The molecule has 0 N–H and O–H groups in total. The third-order valence-electron chi connectivity index (χ3n) is 4.23. The van der Waals surface area contributed by atoms with Gasteiger partial charge in [0.05, 0.1) is 0 Å². The summed E-state index contributed by atoms with van der Waals surface area (Å²) < 4.78 is 17.8. The molecule has 5 heteroatoms. The monoisotopic (exact) mass is 352 g/mol. The van der Waals surface area contributed by atoms with Gasteiger partial charge in [0, 0.05) is 25.9 Å². The zero-order valence-electron chi connectivity index (χ0n) is 15.5. The highest BCUT2D eigenvalue weighted by molar-refractivity contribution is 6.95. The second kappa shape index (κ2) is 9.54. The summed E-state index contributed by atoms with van der Waals surface area (Å²) >= 11 is 0. The van der Waals surface area contributed by atoms with Gasteiger partial charge in [-0.15, -0.1) is 0 Å². The third kappa shape index (κ3) is 5.69. The Morgan fingerprint density at radius 2 is 1.39 bits per heavy atom. The lowest BCUT2D eigenvalue weighted by Crippen LogP contribution is -2.46. The van der Waals surface area contributed by atoms with Crippen LogP contribution in [-0.4, -0.2) is 36.7 Å². The third-order valence-corrected chi connectivity index (χ3v) is 11.1. The van der Waals surface area contributed by atoms with Crippen LogP contribution in [0.4, 0.5) is 0 Å². The molecule has 0 aliphatic heterocycles. The van der Waals surface area contributed by atoms with E-state index in [1.54, 1.807) is 0 Å². The van der Waals surface area contributed by atoms with Gasteiger partial charge in [-0.3, -0.25) is 0 Å². The molecule has 0 heterocycles. The number of hydrogen-bond donors (Lipinski definition) is 0. The fourth-order valence-electron chi connectivity index (χ4n) is 2.58. The summed E-state index contributed by atoms with van der Waals surface area (Å²) in [6, 6.07) is 11.5. The van der Waals surface area contributed by atoms with Gasteiger partial charge < -0.3 is 13.3 Å². The van der Waals surface area contributed by atoms with Crippen LogP contribution in [0.1, 0.15) is 27.7 Å². The summed E-state index contributed by atoms with van der Waals surface area (Å²) in [4.78, 5) is 0. The van der Waals surface area contributed by atoms with Crippen molar-refractivity contribution in [2.45, 2.75) is 46.8 Å². The van der Waals surface area contributed by atoms with E-state index in [0.29, 0.717) is 19.8 Å². The molecular weight excluding hydrogens is 320 g/mol. The van der Waals surface area contributed by atoms with E-state index in [9.17, 15) is 0 Å². The lowest BCUT2D eigenvalue weighted by molar-refractivity contribution is 0.0742. The van der Waals surface area contributed by atoms with Gasteiger partial charge in [0.25, 0.3) is 0 Å². The highest BCUT2D eigenvalue weighted by Crippen LogP contribution is 2.21. The first-order chi connectivity index (χ1) is 10.9. The summed E-state index contributed by atoms with van der Waals surface area (Å²) in [5.41, 5.74) is 0. The van der Waals surface area contributed by atoms with E-state index >= 15 is 0 Å². The first-order valence-electron chi connectivity index (χ1n) is 8.56. The predicted octanol–water partition coefficient (Wildman–Crippen LogP) is 4.14. The van der Waals surface area contributed by atoms with Crippen LogP contribution in [0.25, 0.3) is 0 Å². The van der Waals surface area contributed by atoms with Crippen molar-refractivity contribution in [2.24, 2.45) is 0 Å². The van der Waals surface area contributed by atoms with Gasteiger partial charge in [-0.05, 0) is 27.7 Å². The smallest absolute Gasteiger partial charge is 0.374 e. The fourth-order valence-corrected chi connectivity index (χ4v) is 7.35. The highest BCUT2D eigenvalue weighted by atomic mass is 28.4. The zero-order valence-corrected chi connectivity index (χ0v) is 17.5. The predicted molar refractivity (Wildman–Crippen MR) is 103 cm³/mol. The first-order valence-corrected chi connectivity index (χ1v) is 13.5. The van der Waals surface area contributed by atoms with Crippen molar-refractivity contribution in [2.75, 3.05) is 19.8 Å². The van der Waals surface area contributed by atoms with Crippen LogP contribution in [0, 0.1) is 0 Å². The molecule has 0 aromatic heterocycles. The van der Waals surface area contributed by atoms with Crippen molar-refractivity contribution in [3.63, 3.8) is 0 Å². The molecule has 0 fully saturated rings. The number of allylic oxidation sites excluding steroid dienone is 2. The standard InChI is InChI=1S/C18H32O3Si2/c1-7-19-23(20-8-2,21-9-3)16-15-17(4)22(5,6)18-13-11-10-12-14-18/h10-15H,7-9,16H2,1-6H3/b17-15+. The van der Waals surface area contributed by atoms with Crippen molar-refractivity contribution < 1.29 is 13.3 Å². The van der Waals surface area contributed by atoms with Crippen molar-refractivity contribution >= 4 is 22.1 Å². The van der Waals surface area contributed by atoms with Crippen LogP contribution < -0.4 is 5.19 Å². The maximum atomic E-state index is 5.94. The number of rotatable bonds is 10.